The number of hydrogen-bond acceptors (Lipinski definition) is 6. The third-order valence-corrected chi connectivity index (χ3v) is 6.89. The molecule has 33 heavy (non-hydrogen) atoms. The molecule has 9 heteroatoms. The van der Waals surface area contributed by atoms with Crippen LogP contribution in [0.25, 0.3) is 0 Å². The van der Waals surface area contributed by atoms with E-state index in [1.807, 2.05) is 29.2 Å². The van der Waals surface area contributed by atoms with Gasteiger partial charge in [0.05, 0.1) is 5.92 Å². The van der Waals surface area contributed by atoms with Crippen LogP contribution in [0.15, 0.2) is 42.7 Å². The van der Waals surface area contributed by atoms with Crippen molar-refractivity contribution < 1.29 is 14.4 Å². The van der Waals surface area contributed by atoms with Gasteiger partial charge in [-0.1, -0.05) is 25.0 Å². The molecule has 3 aliphatic rings. The molecule has 1 aromatic carbocycles. The van der Waals surface area contributed by atoms with Crippen molar-refractivity contribution in [1.29, 1.82) is 0 Å². The van der Waals surface area contributed by atoms with Crippen LogP contribution in [0.1, 0.15) is 41.6 Å². The van der Waals surface area contributed by atoms with Crippen LogP contribution < -0.4 is 10.2 Å². The van der Waals surface area contributed by atoms with Crippen LogP contribution in [0, 0.1) is 5.92 Å². The Labute approximate surface area is 192 Å². The maximum absolute atomic E-state index is 13.2. The van der Waals surface area contributed by atoms with E-state index < -0.39 is 0 Å². The fourth-order valence-corrected chi connectivity index (χ4v) is 5.15. The van der Waals surface area contributed by atoms with E-state index >= 15 is 0 Å². The lowest BCUT2D eigenvalue weighted by atomic mass is 9.81. The molecule has 3 fully saturated rings. The number of rotatable bonds is 4. The van der Waals surface area contributed by atoms with Crippen molar-refractivity contribution in [2.45, 2.75) is 38.3 Å². The predicted octanol–water partition coefficient (Wildman–Crippen LogP) is 2.05. The molecular formula is C24H28N6O3. The van der Waals surface area contributed by atoms with Crippen LogP contribution in [0.3, 0.4) is 0 Å². The maximum Gasteiger partial charge on any atom is 0.324 e. The van der Waals surface area contributed by atoms with Crippen molar-refractivity contribution in [3.05, 3.63) is 53.9 Å². The summed E-state index contributed by atoms with van der Waals surface area (Å²) >= 11 is 0. The Morgan fingerprint density at radius 1 is 1.00 bits per heavy atom. The molecule has 1 unspecified atom stereocenters. The molecule has 3 heterocycles. The van der Waals surface area contributed by atoms with E-state index in [9.17, 15) is 14.4 Å². The summed E-state index contributed by atoms with van der Waals surface area (Å²) in [5.41, 5.74) is 1.51. The number of carbonyl (C=O) groups excluding carboxylic acids is 3. The molecule has 172 valence electrons. The predicted molar refractivity (Wildman–Crippen MR) is 121 cm³/mol. The summed E-state index contributed by atoms with van der Waals surface area (Å²) in [7, 11) is 0. The summed E-state index contributed by atoms with van der Waals surface area (Å²) in [6, 6.07) is 8.88. The van der Waals surface area contributed by atoms with Gasteiger partial charge in [0.2, 0.25) is 11.9 Å². The molecule has 1 saturated carbocycles. The van der Waals surface area contributed by atoms with Crippen LogP contribution in [-0.2, 0) is 11.3 Å². The SMILES string of the molecule is O=C1NC(=O)N(Cc2cccc(C(=O)N3CCN(c4ncccn4)CC3)c2)[C@@H]2CCCCC12. The third-order valence-electron chi connectivity index (χ3n) is 6.89. The Hall–Kier alpha value is -3.49. The van der Waals surface area contributed by atoms with Gasteiger partial charge in [-0.05, 0) is 36.6 Å². The summed E-state index contributed by atoms with van der Waals surface area (Å²) in [5, 5.41) is 2.51. The number of benzene rings is 1. The number of piperazine rings is 1. The van der Waals surface area contributed by atoms with Crippen LogP contribution in [0.4, 0.5) is 10.7 Å². The first-order valence-corrected chi connectivity index (χ1v) is 11.6. The summed E-state index contributed by atoms with van der Waals surface area (Å²) in [6.07, 6.45) is 7.15. The quantitative estimate of drug-likeness (QED) is 0.769. The smallest absolute Gasteiger partial charge is 0.324 e. The van der Waals surface area contributed by atoms with Crippen molar-refractivity contribution in [3.8, 4) is 0 Å². The van der Waals surface area contributed by atoms with E-state index in [0.29, 0.717) is 44.2 Å². The number of fused-ring (bicyclic) bond motifs is 1. The number of nitrogens with zero attached hydrogens (tertiary/aromatic N) is 5. The highest BCUT2D eigenvalue weighted by Crippen LogP contribution is 2.32. The standard InChI is InChI=1S/C24H28N6O3/c31-21-19-7-1-2-8-20(19)30(24(33)27-21)16-17-5-3-6-18(15-17)22(32)28-11-13-29(14-12-28)23-25-9-4-10-26-23/h3-6,9-10,15,19-20H,1-2,7-8,11-14,16H2,(H,27,31,33)/t19?,20-/m1/s1. The number of carbonyl (C=O) groups is 3. The molecule has 0 bridgehead atoms. The number of urea groups is 1. The fourth-order valence-electron chi connectivity index (χ4n) is 5.15. The average Bonchev–Trinajstić information content (AvgIpc) is 2.87. The molecule has 1 aliphatic carbocycles. The number of imide groups is 1. The van der Waals surface area contributed by atoms with Gasteiger partial charge in [-0.2, -0.15) is 0 Å². The first kappa shape index (κ1) is 21.4. The fraction of sp³-hybridized carbons (Fsp3) is 0.458. The Bertz CT molecular complexity index is 1040. The lowest BCUT2D eigenvalue weighted by Gasteiger charge is -2.42. The van der Waals surface area contributed by atoms with Gasteiger partial charge >= 0.3 is 6.03 Å². The number of anilines is 1. The summed E-state index contributed by atoms with van der Waals surface area (Å²) in [4.78, 5) is 52.3. The molecule has 2 aromatic rings. The van der Waals surface area contributed by atoms with Gasteiger partial charge in [-0.25, -0.2) is 14.8 Å². The van der Waals surface area contributed by atoms with Crippen molar-refractivity contribution in [2.75, 3.05) is 31.1 Å². The normalized spacial score (nSPS) is 23.2. The minimum Gasteiger partial charge on any atom is -0.337 e. The maximum atomic E-state index is 13.2. The zero-order valence-electron chi connectivity index (χ0n) is 18.5. The minimum atomic E-state index is -0.334. The van der Waals surface area contributed by atoms with Gasteiger partial charge < -0.3 is 14.7 Å². The van der Waals surface area contributed by atoms with E-state index in [1.54, 1.807) is 23.4 Å². The van der Waals surface area contributed by atoms with Crippen LogP contribution in [0.2, 0.25) is 0 Å². The molecular weight excluding hydrogens is 420 g/mol. The van der Waals surface area contributed by atoms with E-state index in [2.05, 4.69) is 20.2 Å². The average molecular weight is 449 g/mol. The molecule has 2 saturated heterocycles. The lowest BCUT2D eigenvalue weighted by molar-refractivity contribution is -0.129. The van der Waals surface area contributed by atoms with Crippen molar-refractivity contribution in [3.63, 3.8) is 0 Å². The Balaban J connectivity index is 1.25. The molecule has 2 aliphatic heterocycles. The second kappa shape index (κ2) is 9.17. The highest BCUT2D eigenvalue weighted by Gasteiger charge is 2.42. The van der Waals surface area contributed by atoms with Crippen molar-refractivity contribution >= 4 is 23.8 Å². The molecule has 5 rings (SSSR count). The monoisotopic (exact) mass is 448 g/mol. The van der Waals surface area contributed by atoms with Gasteiger partial charge in [-0.3, -0.25) is 14.9 Å². The van der Waals surface area contributed by atoms with Gasteiger partial charge in [0, 0.05) is 56.7 Å². The zero-order valence-corrected chi connectivity index (χ0v) is 18.5. The van der Waals surface area contributed by atoms with Gasteiger partial charge in [0.1, 0.15) is 0 Å². The second-order valence-corrected chi connectivity index (χ2v) is 8.91. The first-order valence-electron chi connectivity index (χ1n) is 11.6. The molecule has 1 aromatic heterocycles. The largest absolute Gasteiger partial charge is 0.337 e. The van der Waals surface area contributed by atoms with Crippen LogP contribution in [-0.4, -0.2) is 69.8 Å². The van der Waals surface area contributed by atoms with Gasteiger partial charge in [0.25, 0.3) is 5.91 Å². The summed E-state index contributed by atoms with van der Waals surface area (Å²) in [6.45, 7) is 2.95. The van der Waals surface area contributed by atoms with Crippen molar-refractivity contribution in [1.82, 2.24) is 25.1 Å². The molecule has 0 radical (unpaired) electrons. The zero-order chi connectivity index (χ0) is 22.8. The van der Waals surface area contributed by atoms with E-state index in [4.69, 9.17) is 0 Å². The number of nitrogens with one attached hydrogen (secondary N) is 1. The Morgan fingerprint density at radius 3 is 2.55 bits per heavy atom. The van der Waals surface area contributed by atoms with E-state index in [-0.39, 0.29) is 29.8 Å². The second-order valence-electron chi connectivity index (χ2n) is 8.91. The molecule has 1 N–H and O–H groups in total. The van der Waals surface area contributed by atoms with E-state index in [1.165, 1.54) is 0 Å². The molecule has 0 spiro atoms. The summed E-state index contributed by atoms with van der Waals surface area (Å²) < 4.78 is 0. The number of hydrogen-bond donors (Lipinski definition) is 1. The highest BCUT2D eigenvalue weighted by atomic mass is 16.2. The van der Waals surface area contributed by atoms with Crippen molar-refractivity contribution in [2.24, 2.45) is 5.92 Å². The Morgan fingerprint density at radius 2 is 1.76 bits per heavy atom. The topological polar surface area (TPSA) is 98.7 Å². The molecule has 4 amide bonds. The highest BCUT2D eigenvalue weighted by molar-refractivity contribution is 5.98. The Kier molecular flexibility index (Phi) is 5.93. The number of amides is 4. The third kappa shape index (κ3) is 4.40. The van der Waals surface area contributed by atoms with Crippen LogP contribution in [0.5, 0.6) is 0 Å². The summed E-state index contributed by atoms with van der Waals surface area (Å²) in [5.74, 6) is 0.390. The van der Waals surface area contributed by atoms with Crippen LogP contribution >= 0.6 is 0 Å². The lowest BCUT2D eigenvalue weighted by Crippen LogP contribution is -2.60. The van der Waals surface area contributed by atoms with Gasteiger partial charge in [-0.15, -0.1) is 0 Å². The molecule has 9 nitrogen and oxygen atoms in total. The molecule has 2 atom stereocenters. The minimum absolute atomic E-state index is 0.0145. The first-order chi connectivity index (χ1) is 16.1. The number of aromatic nitrogens is 2. The van der Waals surface area contributed by atoms with Gasteiger partial charge in [0.15, 0.2) is 0 Å². The van der Waals surface area contributed by atoms with E-state index in [0.717, 1.165) is 31.2 Å².